The highest BCUT2D eigenvalue weighted by atomic mass is 35.5. The first kappa shape index (κ1) is 16.3. The quantitative estimate of drug-likeness (QED) is 0.823. The summed E-state index contributed by atoms with van der Waals surface area (Å²) in [5, 5.41) is 0.824. The summed E-state index contributed by atoms with van der Waals surface area (Å²) in [6, 6.07) is 8.19. The Hall–Kier alpha value is -0.610. The lowest BCUT2D eigenvalue weighted by Gasteiger charge is -2.42. The molecule has 0 aliphatic carbocycles. The van der Waals surface area contributed by atoms with Crippen LogP contribution in [0.4, 0.5) is 0 Å². The molecule has 0 N–H and O–H groups in total. The van der Waals surface area contributed by atoms with Gasteiger partial charge in [0.05, 0.1) is 5.60 Å². The van der Waals surface area contributed by atoms with Crippen LogP contribution >= 0.6 is 11.6 Å². The molecule has 0 saturated carbocycles. The van der Waals surface area contributed by atoms with Crippen molar-refractivity contribution >= 4 is 11.6 Å². The Balaban J connectivity index is 1.55. The highest BCUT2D eigenvalue weighted by Gasteiger charge is 2.45. The van der Waals surface area contributed by atoms with Crippen LogP contribution in [0.3, 0.4) is 0 Å². The minimum Gasteiger partial charge on any atom is -0.385 e. The molecule has 1 unspecified atom stereocenters. The second kappa shape index (κ2) is 7.31. The van der Waals surface area contributed by atoms with Crippen LogP contribution in [0.15, 0.2) is 24.3 Å². The van der Waals surface area contributed by atoms with Crippen molar-refractivity contribution in [2.75, 3.05) is 33.4 Å². The zero-order valence-electron chi connectivity index (χ0n) is 13.4. The molecule has 1 atom stereocenters. The van der Waals surface area contributed by atoms with E-state index in [0.29, 0.717) is 5.92 Å². The van der Waals surface area contributed by atoms with Crippen LogP contribution in [0.5, 0.6) is 0 Å². The normalized spacial score (nSPS) is 24.9. The lowest BCUT2D eigenvalue weighted by Crippen LogP contribution is -2.47. The molecule has 1 spiro atoms. The van der Waals surface area contributed by atoms with Gasteiger partial charge < -0.3 is 9.47 Å². The van der Waals surface area contributed by atoms with Gasteiger partial charge in [-0.15, -0.1) is 0 Å². The molecular formula is C18H26ClNO2. The van der Waals surface area contributed by atoms with Crippen LogP contribution in [0.2, 0.25) is 5.02 Å². The Morgan fingerprint density at radius 2 is 2.18 bits per heavy atom. The number of hydrogen-bond acceptors (Lipinski definition) is 3. The van der Waals surface area contributed by atoms with Gasteiger partial charge in [-0.1, -0.05) is 23.7 Å². The van der Waals surface area contributed by atoms with Crippen molar-refractivity contribution in [2.45, 2.75) is 37.8 Å². The molecule has 22 heavy (non-hydrogen) atoms. The van der Waals surface area contributed by atoms with Crippen molar-refractivity contribution in [3.63, 3.8) is 0 Å². The molecular weight excluding hydrogens is 298 g/mol. The molecule has 2 aliphatic heterocycles. The summed E-state index contributed by atoms with van der Waals surface area (Å²) in [4.78, 5) is 2.52. The molecule has 122 valence electrons. The second-order valence-electron chi connectivity index (χ2n) is 6.59. The van der Waals surface area contributed by atoms with Gasteiger partial charge in [-0.2, -0.15) is 0 Å². The van der Waals surface area contributed by atoms with Crippen LogP contribution in [-0.2, 0) is 16.0 Å². The van der Waals surface area contributed by atoms with E-state index in [9.17, 15) is 0 Å². The van der Waals surface area contributed by atoms with Crippen LogP contribution in [0.1, 0.15) is 31.2 Å². The maximum atomic E-state index is 6.21. The maximum Gasteiger partial charge on any atom is 0.0736 e. The van der Waals surface area contributed by atoms with Crippen molar-refractivity contribution in [1.29, 1.82) is 0 Å². The Morgan fingerprint density at radius 3 is 2.91 bits per heavy atom. The van der Waals surface area contributed by atoms with Gasteiger partial charge in [0.2, 0.25) is 0 Å². The van der Waals surface area contributed by atoms with Gasteiger partial charge in [0.1, 0.15) is 0 Å². The van der Waals surface area contributed by atoms with Gasteiger partial charge in [0, 0.05) is 45.0 Å². The summed E-state index contributed by atoms with van der Waals surface area (Å²) < 4.78 is 11.5. The number of methoxy groups -OCH3 is 1. The standard InChI is InChI=1S/C18H26ClNO2/c1-21-11-5-16-6-12-22-18(16)7-9-20(10-8-18)14-15-3-2-4-17(19)13-15/h2-4,13,16H,5-12,14H2,1H3. The predicted octanol–water partition coefficient (Wildman–Crippen LogP) is 3.75. The molecule has 3 nitrogen and oxygen atoms in total. The van der Waals surface area contributed by atoms with Gasteiger partial charge in [-0.05, 0) is 49.3 Å². The lowest BCUT2D eigenvalue weighted by atomic mass is 9.78. The average Bonchev–Trinajstić information content (AvgIpc) is 2.90. The first-order chi connectivity index (χ1) is 10.7. The molecule has 0 radical (unpaired) electrons. The Labute approximate surface area is 138 Å². The topological polar surface area (TPSA) is 21.7 Å². The van der Waals surface area contributed by atoms with E-state index in [1.807, 2.05) is 12.1 Å². The molecule has 2 fully saturated rings. The van der Waals surface area contributed by atoms with E-state index < -0.39 is 0 Å². The summed E-state index contributed by atoms with van der Waals surface area (Å²) in [5.74, 6) is 0.667. The summed E-state index contributed by atoms with van der Waals surface area (Å²) in [6.45, 7) is 4.97. The predicted molar refractivity (Wildman–Crippen MR) is 89.2 cm³/mol. The number of benzene rings is 1. The number of likely N-dealkylation sites (tertiary alicyclic amines) is 1. The van der Waals surface area contributed by atoms with Gasteiger partial charge in [-0.25, -0.2) is 0 Å². The van der Waals surface area contributed by atoms with Crippen LogP contribution < -0.4 is 0 Å². The van der Waals surface area contributed by atoms with E-state index in [1.165, 1.54) is 12.0 Å². The fourth-order valence-corrected chi connectivity index (χ4v) is 4.20. The third kappa shape index (κ3) is 3.65. The third-order valence-corrected chi connectivity index (χ3v) is 5.50. The van der Waals surface area contributed by atoms with Crippen molar-refractivity contribution in [1.82, 2.24) is 4.90 Å². The van der Waals surface area contributed by atoms with Gasteiger partial charge in [-0.3, -0.25) is 4.90 Å². The summed E-state index contributed by atoms with van der Waals surface area (Å²) in [6.07, 6.45) is 4.60. The molecule has 0 bridgehead atoms. The van der Waals surface area contributed by atoms with Gasteiger partial charge >= 0.3 is 0 Å². The number of halogens is 1. The van der Waals surface area contributed by atoms with Crippen LogP contribution in [0, 0.1) is 5.92 Å². The number of ether oxygens (including phenoxy) is 2. The van der Waals surface area contributed by atoms with E-state index in [2.05, 4.69) is 17.0 Å². The first-order valence-electron chi connectivity index (χ1n) is 8.31. The summed E-state index contributed by atoms with van der Waals surface area (Å²) in [5.41, 5.74) is 1.41. The largest absolute Gasteiger partial charge is 0.385 e. The van der Waals surface area contributed by atoms with Crippen molar-refractivity contribution in [3.8, 4) is 0 Å². The molecule has 1 aromatic rings. The number of hydrogen-bond donors (Lipinski definition) is 0. The van der Waals surface area contributed by atoms with E-state index in [0.717, 1.165) is 57.1 Å². The van der Waals surface area contributed by atoms with E-state index >= 15 is 0 Å². The maximum absolute atomic E-state index is 6.21. The van der Waals surface area contributed by atoms with Crippen LogP contribution in [-0.4, -0.2) is 43.9 Å². The molecule has 0 aromatic heterocycles. The zero-order valence-corrected chi connectivity index (χ0v) is 14.1. The number of rotatable bonds is 5. The van der Waals surface area contributed by atoms with Crippen molar-refractivity contribution in [3.05, 3.63) is 34.9 Å². The second-order valence-corrected chi connectivity index (χ2v) is 7.02. The fourth-order valence-electron chi connectivity index (χ4n) is 3.99. The van der Waals surface area contributed by atoms with Crippen molar-refractivity contribution < 1.29 is 9.47 Å². The minimum absolute atomic E-state index is 0.114. The molecule has 2 saturated heterocycles. The summed E-state index contributed by atoms with van der Waals surface area (Å²) >= 11 is 6.08. The SMILES string of the molecule is COCCC1CCOC12CCN(Cc1cccc(Cl)c1)CC2. The van der Waals surface area contributed by atoms with E-state index in [4.69, 9.17) is 21.1 Å². The van der Waals surface area contributed by atoms with E-state index in [-0.39, 0.29) is 5.60 Å². The molecule has 0 amide bonds. The van der Waals surface area contributed by atoms with Crippen molar-refractivity contribution in [2.24, 2.45) is 5.92 Å². The summed E-state index contributed by atoms with van der Waals surface area (Å²) in [7, 11) is 1.79. The molecule has 1 aromatic carbocycles. The Kier molecular flexibility index (Phi) is 5.40. The van der Waals surface area contributed by atoms with Crippen LogP contribution in [0.25, 0.3) is 0 Å². The van der Waals surface area contributed by atoms with E-state index in [1.54, 1.807) is 7.11 Å². The minimum atomic E-state index is 0.114. The third-order valence-electron chi connectivity index (χ3n) is 5.27. The monoisotopic (exact) mass is 323 g/mol. The lowest BCUT2D eigenvalue weighted by molar-refractivity contribution is -0.0721. The Bertz CT molecular complexity index is 486. The Morgan fingerprint density at radius 1 is 1.36 bits per heavy atom. The highest BCUT2D eigenvalue weighted by Crippen LogP contribution is 2.42. The first-order valence-corrected chi connectivity index (χ1v) is 8.69. The highest BCUT2D eigenvalue weighted by molar-refractivity contribution is 6.30. The average molecular weight is 324 g/mol. The molecule has 2 heterocycles. The smallest absolute Gasteiger partial charge is 0.0736 e. The zero-order chi connectivity index (χ0) is 15.4. The molecule has 2 aliphatic rings. The number of piperidine rings is 1. The molecule has 4 heteroatoms. The van der Waals surface area contributed by atoms with Gasteiger partial charge in [0.15, 0.2) is 0 Å². The molecule has 3 rings (SSSR count). The number of nitrogens with zero attached hydrogens (tertiary/aromatic N) is 1. The van der Waals surface area contributed by atoms with Gasteiger partial charge in [0.25, 0.3) is 0 Å². The fraction of sp³-hybridized carbons (Fsp3) is 0.667.